The van der Waals surface area contributed by atoms with Crippen LogP contribution in [-0.2, 0) is 40.7 Å². The molecule has 0 bridgehead atoms. The number of sulfonamides is 1. The summed E-state index contributed by atoms with van der Waals surface area (Å²) >= 11 is 0. The summed E-state index contributed by atoms with van der Waals surface area (Å²) in [5.74, 6) is -0.778. The number of benzene rings is 3. The molecule has 3 aromatic rings. The van der Waals surface area contributed by atoms with E-state index in [0.29, 0.717) is 6.54 Å². The zero-order chi connectivity index (χ0) is 29.8. The quantitative estimate of drug-likeness (QED) is 0.371. The van der Waals surface area contributed by atoms with Crippen LogP contribution in [0.4, 0.5) is 13.6 Å². The van der Waals surface area contributed by atoms with Crippen LogP contribution in [0, 0.1) is 11.6 Å². The minimum absolute atomic E-state index is 0.213. The summed E-state index contributed by atoms with van der Waals surface area (Å²) in [7, 11) is -3.73. The number of carbonyl (C=O) groups excluding carboxylic acids is 1. The number of fused-ring (bicyclic) bond motifs is 1. The zero-order valence-corrected chi connectivity index (χ0v) is 24.7. The van der Waals surface area contributed by atoms with Gasteiger partial charge in [0.15, 0.2) is 0 Å². The molecule has 1 heterocycles. The van der Waals surface area contributed by atoms with Gasteiger partial charge in [-0.15, -0.1) is 0 Å². The molecule has 0 aliphatic carbocycles. The molecule has 10 heteroatoms. The monoisotopic (exact) mass is 585 g/mol. The first-order valence-electron chi connectivity index (χ1n) is 13.5. The maximum absolute atomic E-state index is 14.3. The smallest absolute Gasteiger partial charge is 0.410 e. The molecule has 1 N–H and O–H groups in total. The number of hydrogen-bond donors (Lipinski definition) is 1. The van der Waals surface area contributed by atoms with Gasteiger partial charge in [-0.25, -0.2) is 22.0 Å². The highest BCUT2D eigenvalue weighted by atomic mass is 32.2. The molecule has 1 aliphatic rings. The van der Waals surface area contributed by atoms with Gasteiger partial charge in [0.2, 0.25) is 10.0 Å². The van der Waals surface area contributed by atoms with Gasteiger partial charge in [-0.05, 0) is 67.3 Å². The Bertz CT molecular complexity index is 1460. The predicted molar refractivity (Wildman–Crippen MR) is 154 cm³/mol. The Hall–Kier alpha value is -3.34. The fourth-order valence-electron chi connectivity index (χ4n) is 5.19. The van der Waals surface area contributed by atoms with Gasteiger partial charge in [-0.1, -0.05) is 48.5 Å². The highest BCUT2D eigenvalue weighted by Gasteiger charge is 2.43. The Labute approximate surface area is 241 Å². The fourth-order valence-corrected chi connectivity index (χ4v) is 6.16. The molecule has 1 unspecified atom stereocenters. The summed E-state index contributed by atoms with van der Waals surface area (Å²) in [4.78, 5) is 16.8. The average molecular weight is 586 g/mol. The SMILES string of the molecule is CC(C)(C)OC(=O)N(CCN1Cc2cc(F)ccc2CC1(Cc1ccc(F)cc1)NS(C)(=O)=O)Cc1ccccc1. The maximum atomic E-state index is 14.3. The van der Waals surface area contributed by atoms with Crippen molar-refractivity contribution in [2.45, 2.75) is 58.0 Å². The summed E-state index contributed by atoms with van der Waals surface area (Å²) in [6, 6.07) is 19.9. The third kappa shape index (κ3) is 8.58. The van der Waals surface area contributed by atoms with Crippen LogP contribution in [-0.4, -0.2) is 54.9 Å². The lowest BCUT2D eigenvalue weighted by molar-refractivity contribution is 0.0107. The number of halogens is 2. The average Bonchev–Trinajstić information content (AvgIpc) is 2.87. The van der Waals surface area contributed by atoms with E-state index in [1.807, 2.05) is 35.2 Å². The second kappa shape index (κ2) is 12.3. The van der Waals surface area contributed by atoms with Crippen LogP contribution >= 0.6 is 0 Å². The van der Waals surface area contributed by atoms with Gasteiger partial charge in [0, 0.05) is 39.0 Å². The highest BCUT2D eigenvalue weighted by molar-refractivity contribution is 7.88. The van der Waals surface area contributed by atoms with Crippen molar-refractivity contribution in [2.75, 3.05) is 19.3 Å². The Balaban J connectivity index is 1.71. The first kappa shape index (κ1) is 30.6. The van der Waals surface area contributed by atoms with Crippen LogP contribution in [0.25, 0.3) is 0 Å². The van der Waals surface area contributed by atoms with E-state index >= 15 is 0 Å². The lowest BCUT2D eigenvalue weighted by Gasteiger charge is -2.48. The highest BCUT2D eigenvalue weighted by Crippen LogP contribution is 2.33. The number of nitrogens with zero attached hydrogens (tertiary/aromatic N) is 2. The van der Waals surface area contributed by atoms with E-state index < -0.39 is 33.2 Å². The van der Waals surface area contributed by atoms with Gasteiger partial charge in [-0.3, -0.25) is 4.90 Å². The lowest BCUT2D eigenvalue weighted by atomic mass is 9.85. The van der Waals surface area contributed by atoms with Crippen LogP contribution in [0.5, 0.6) is 0 Å². The van der Waals surface area contributed by atoms with Gasteiger partial charge in [0.25, 0.3) is 0 Å². The number of ether oxygens (including phenoxy) is 1. The molecule has 220 valence electrons. The number of rotatable bonds is 9. The predicted octanol–water partition coefficient (Wildman–Crippen LogP) is 5.25. The number of nitrogens with one attached hydrogen (secondary N) is 1. The van der Waals surface area contributed by atoms with Crippen molar-refractivity contribution in [3.63, 3.8) is 0 Å². The molecule has 7 nitrogen and oxygen atoms in total. The molecule has 41 heavy (non-hydrogen) atoms. The second-order valence-corrected chi connectivity index (χ2v) is 13.4. The molecule has 1 amide bonds. The normalized spacial score (nSPS) is 17.6. The van der Waals surface area contributed by atoms with Crippen LogP contribution < -0.4 is 4.72 Å². The van der Waals surface area contributed by atoms with Crippen molar-refractivity contribution in [3.8, 4) is 0 Å². The summed E-state index contributed by atoms with van der Waals surface area (Å²) in [5.41, 5.74) is 1.33. The molecule has 0 fully saturated rings. The van der Waals surface area contributed by atoms with Crippen LogP contribution in [0.15, 0.2) is 72.8 Å². The van der Waals surface area contributed by atoms with E-state index in [1.165, 1.54) is 24.3 Å². The molecule has 0 saturated heterocycles. The molecule has 4 rings (SSSR count). The van der Waals surface area contributed by atoms with Gasteiger partial charge in [0.05, 0.1) is 11.9 Å². The van der Waals surface area contributed by atoms with Crippen molar-refractivity contribution >= 4 is 16.1 Å². The number of carbonyl (C=O) groups is 1. The first-order chi connectivity index (χ1) is 19.2. The molecule has 0 radical (unpaired) electrons. The molecule has 1 aliphatic heterocycles. The third-order valence-corrected chi connectivity index (χ3v) is 7.66. The zero-order valence-electron chi connectivity index (χ0n) is 23.9. The van der Waals surface area contributed by atoms with Crippen molar-refractivity contribution in [1.29, 1.82) is 0 Å². The molecule has 0 aromatic heterocycles. The van der Waals surface area contributed by atoms with E-state index in [0.717, 1.165) is 28.5 Å². The molecule has 3 aromatic carbocycles. The van der Waals surface area contributed by atoms with Crippen LogP contribution in [0.2, 0.25) is 0 Å². The van der Waals surface area contributed by atoms with Crippen LogP contribution in [0.3, 0.4) is 0 Å². The molecular formula is C31H37F2N3O4S. The van der Waals surface area contributed by atoms with Gasteiger partial charge in [-0.2, -0.15) is 4.72 Å². The van der Waals surface area contributed by atoms with Crippen molar-refractivity contribution in [1.82, 2.24) is 14.5 Å². The Morgan fingerprint density at radius 1 is 0.976 bits per heavy atom. The standard InChI is InChI=1S/C31H37F2N3O4S/c1-30(2,3)40-29(37)35(21-24-8-6-5-7-9-24)16-17-36-22-26-18-28(33)15-12-25(26)20-31(36,34-41(4,38)39)19-23-10-13-27(32)14-11-23/h5-15,18,34H,16-17,19-22H2,1-4H3. The first-order valence-corrected chi connectivity index (χ1v) is 15.4. The second-order valence-electron chi connectivity index (χ2n) is 11.6. The summed E-state index contributed by atoms with van der Waals surface area (Å²) in [6.07, 6.45) is 1.07. The third-order valence-electron chi connectivity index (χ3n) is 6.91. The summed E-state index contributed by atoms with van der Waals surface area (Å²) in [6.45, 7) is 6.39. The van der Waals surface area contributed by atoms with E-state index in [9.17, 15) is 22.0 Å². The van der Waals surface area contributed by atoms with Crippen molar-refractivity contribution in [2.24, 2.45) is 0 Å². The summed E-state index contributed by atoms with van der Waals surface area (Å²) < 4.78 is 62.1. The van der Waals surface area contributed by atoms with Crippen molar-refractivity contribution < 1.29 is 26.7 Å². The minimum atomic E-state index is -3.73. The van der Waals surface area contributed by atoms with Crippen molar-refractivity contribution in [3.05, 3.63) is 107 Å². The molecule has 0 saturated carbocycles. The van der Waals surface area contributed by atoms with E-state index in [-0.39, 0.29) is 38.3 Å². The Morgan fingerprint density at radius 2 is 1.63 bits per heavy atom. The number of hydrogen-bond acceptors (Lipinski definition) is 5. The topological polar surface area (TPSA) is 79.0 Å². The molecule has 0 spiro atoms. The van der Waals surface area contributed by atoms with E-state index in [4.69, 9.17) is 4.74 Å². The fraction of sp³-hybridized carbons (Fsp3) is 0.387. The van der Waals surface area contributed by atoms with Gasteiger partial charge < -0.3 is 9.64 Å². The maximum Gasteiger partial charge on any atom is 0.410 e. The molecular weight excluding hydrogens is 548 g/mol. The van der Waals surface area contributed by atoms with E-state index in [2.05, 4.69) is 4.72 Å². The van der Waals surface area contributed by atoms with E-state index in [1.54, 1.807) is 43.9 Å². The Kier molecular flexibility index (Phi) is 9.16. The largest absolute Gasteiger partial charge is 0.444 e. The Morgan fingerprint density at radius 3 is 2.27 bits per heavy atom. The van der Waals surface area contributed by atoms with Crippen LogP contribution in [0.1, 0.15) is 43.0 Å². The molecule has 1 atom stereocenters. The number of amides is 1. The van der Waals surface area contributed by atoms with Gasteiger partial charge >= 0.3 is 6.09 Å². The lowest BCUT2D eigenvalue weighted by Crippen LogP contribution is -2.65. The minimum Gasteiger partial charge on any atom is -0.444 e. The van der Waals surface area contributed by atoms with Gasteiger partial charge in [0.1, 0.15) is 17.2 Å². The summed E-state index contributed by atoms with van der Waals surface area (Å²) in [5, 5.41) is 0.